The van der Waals surface area contributed by atoms with Crippen molar-refractivity contribution in [2.45, 2.75) is 50.3 Å². The van der Waals surface area contributed by atoms with Crippen LogP contribution in [-0.2, 0) is 16.6 Å². The van der Waals surface area contributed by atoms with Crippen LogP contribution in [0.15, 0.2) is 47.4 Å². The van der Waals surface area contributed by atoms with E-state index in [0.717, 1.165) is 18.4 Å². The zero-order valence-electron chi connectivity index (χ0n) is 20.4. The summed E-state index contributed by atoms with van der Waals surface area (Å²) >= 11 is 0. The second-order valence-corrected chi connectivity index (χ2v) is 11.6. The number of fused-ring (bicyclic) bond motifs is 1. The smallest absolute Gasteiger partial charge is 0.247 e. The molecule has 0 amide bonds. The van der Waals surface area contributed by atoms with E-state index in [0.29, 0.717) is 24.6 Å². The molecule has 1 aliphatic heterocycles. The zero-order chi connectivity index (χ0) is 25.2. The number of hydrogen-bond donors (Lipinski definition) is 1. The molecule has 0 unspecified atom stereocenters. The van der Waals surface area contributed by atoms with E-state index in [2.05, 4.69) is 11.8 Å². The van der Waals surface area contributed by atoms with Gasteiger partial charge in [0.25, 0.3) is 0 Å². The van der Waals surface area contributed by atoms with Crippen LogP contribution in [0.25, 0.3) is 0 Å². The maximum absolute atomic E-state index is 13.6. The number of hydrogen-bond acceptors (Lipinski definition) is 5. The Labute approximate surface area is 207 Å². The third-order valence-electron chi connectivity index (χ3n) is 6.50. The maximum atomic E-state index is 13.6. The summed E-state index contributed by atoms with van der Waals surface area (Å²) in [6, 6.07) is 10.9. The number of rotatable bonds is 6. The highest BCUT2D eigenvalue weighted by atomic mass is 32.2. The van der Waals surface area contributed by atoms with E-state index >= 15 is 0 Å². The molecule has 2 aliphatic rings. The molecule has 1 N–H and O–H groups in total. The summed E-state index contributed by atoms with van der Waals surface area (Å²) in [6.45, 7) is 4.63. The van der Waals surface area contributed by atoms with Crippen LogP contribution >= 0.6 is 0 Å². The summed E-state index contributed by atoms with van der Waals surface area (Å²) in [4.78, 5) is 2.13. The number of aliphatic hydroxyl groups excluding tert-OH is 1. The summed E-state index contributed by atoms with van der Waals surface area (Å²) in [5, 5.41) is 9.79. The molecule has 0 bridgehead atoms. The predicted molar refractivity (Wildman–Crippen MR) is 133 cm³/mol. The molecule has 1 aliphatic carbocycles. The number of nitrogens with zero attached hydrogens (tertiary/aromatic N) is 2. The lowest BCUT2D eigenvalue weighted by Gasteiger charge is -2.37. The highest BCUT2D eigenvalue weighted by Crippen LogP contribution is 2.34. The molecule has 1 fully saturated rings. The summed E-state index contributed by atoms with van der Waals surface area (Å²) in [5.74, 6) is 6.61. The summed E-state index contributed by atoms with van der Waals surface area (Å²) < 4.78 is 48.5. The maximum Gasteiger partial charge on any atom is 0.247 e. The third kappa shape index (κ3) is 6.22. The molecule has 0 spiro atoms. The fraction of sp³-hybridized carbons (Fsp3) is 0.481. The second-order valence-electron chi connectivity index (χ2n) is 9.77. The quantitative estimate of drug-likeness (QED) is 0.615. The van der Waals surface area contributed by atoms with Gasteiger partial charge in [0.2, 0.25) is 10.0 Å². The van der Waals surface area contributed by atoms with Gasteiger partial charge in [-0.15, -0.1) is 0 Å². The van der Waals surface area contributed by atoms with Gasteiger partial charge < -0.3 is 9.84 Å². The monoisotopic (exact) mass is 500 g/mol. The number of benzene rings is 2. The van der Waals surface area contributed by atoms with Crippen LogP contribution < -0.4 is 4.74 Å². The average Bonchev–Trinajstić information content (AvgIpc) is 3.64. The van der Waals surface area contributed by atoms with Crippen molar-refractivity contribution < 1.29 is 22.7 Å². The molecular formula is C27H33FN2O4S. The first kappa shape index (κ1) is 25.6. The van der Waals surface area contributed by atoms with Crippen molar-refractivity contribution in [3.05, 3.63) is 59.4 Å². The Morgan fingerprint density at radius 1 is 1.26 bits per heavy atom. The minimum absolute atomic E-state index is 0.0828. The fourth-order valence-corrected chi connectivity index (χ4v) is 6.08. The minimum Gasteiger partial charge on any atom is -0.487 e. The molecular weight excluding hydrogens is 467 g/mol. The molecule has 188 valence electrons. The van der Waals surface area contributed by atoms with Gasteiger partial charge in [0.05, 0.1) is 6.61 Å². The van der Waals surface area contributed by atoms with Gasteiger partial charge in [-0.05, 0) is 62.7 Å². The van der Waals surface area contributed by atoms with Crippen LogP contribution in [0, 0.1) is 29.5 Å². The highest BCUT2D eigenvalue weighted by molar-refractivity contribution is 7.89. The van der Waals surface area contributed by atoms with Gasteiger partial charge in [0.1, 0.15) is 22.6 Å². The molecule has 4 rings (SSSR count). The molecule has 0 radical (unpaired) electrons. The van der Waals surface area contributed by atoms with Gasteiger partial charge in [0, 0.05) is 43.1 Å². The number of sulfonamides is 1. The molecule has 6 nitrogen and oxygen atoms in total. The Bertz CT molecular complexity index is 1220. The van der Waals surface area contributed by atoms with Gasteiger partial charge in [-0.25, -0.2) is 12.8 Å². The van der Waals surface area contributed by atoms with Crippen LogP contribution in [0.1, 0.15) is 37.8 Å². The Morgan fingerprint density at radius 3 is 2.71 bits per heavy atom. The summed E-state index contributed by atoms with van der Waals surface area (Å²) in [5.41, 5.74) is 1.56. The Balaban J connectivity index is 1.66. The van der Waals surface area contributed by atoms with Crippen molar-refractivity contribution in [3.63, 3.8) is 0 Å². The lowest BCUT2D eigenvalue weighted by Crippen LogP contribution is -2.49. The lowest BCUT2D eigenvalue weighted by molar-refractivity contribution is 0.0733. The molecule has 3 atom stereocenters. The number of ether oxygens (including phenoxy) is 1. The van der Waals surface area contributed by atoms with Crippen molar-refractivity contribution >= 4 is 10.0 Å². The van der Waals surface area contributed by atoms with Gasteiger partial charge in [-0.2, -0.15) is 4.31 Å². The average molecular weight is 501 g/mol. The van der Waals surface area contributed by atoms with Gasteiger partial charge in [-0.1, -0.05) is 30.9 Å². The van der Waals surface area contributed by atoms with Crippen molar-refractivity contribution in [2.75, 3.05) is 26.7 Å². The number of halogens is 1. The number of aliphatic hydroxyl groups is 1. The minimum atomic E-state index is -3.88. The van der Waals surface area contributed by atoms with Crippen molar-refractivity contribution in [3.8, 4) is 17.6 Å². The SMILES string of the molecule is C[C@H]1CN([C@@H](C)CO)S(=O)(=O)c2ccc(C#CC3CC3)cc2O[C@H]1CN(C)Cc1cccc(F)c1. The van der Waals surface area contributed by atoms with E-state index in [1.54, 1.807) is 31.2 Å². The zero-order valence-corrected chi connectivity index (χ0v) is 21.3. The highest BCUT2D eigenvalue weighted by Gasteiger charge is 2.38. The van der Waals surface area contributed by atoms with Crippen LogP contribution in [0.4, 0.5) is 4.39 Å². The van der Waals surface area contributed by atoms with E-state index in [4.69, 9.17) is 4.74 Å². The van der Waals surface area contributed by atoms with Gasteiger partial charge >= 0.3 is 0 Å². The first-order chi connectivity index (χ1) is 16.7. The Kier molecular flexibility index (Phi) is 7.82. The predicted octanol–water partition coefficient (Wildman–Crippen LogP) is 3.49. The van der Waals surface area contributed by atoms with Crippen molar-refractivity contribution in [1.29, 1.82) is 0 Å². The summed E-state index contributed by atoms with van der Waals surface area (Å²) in [6.07, 6.45) is 1.88. The van der Waals surface area contributed by atoms with E-state index in [-0.39, 0.29) is 41.6 Å². The van der Waals surface area contributed by atoms with Gasteiger partial charge in [-0.3, -0.25) is 4.90 Å². The molecule has 0 saturated heterocycles. The van der Waals surface area contributed by atoms with E-state index in [9.17, 15) is 17.9 Å². The molecule has 35 heavy (non-hydrogen) atoms. The Morgan fingerprint density at radius 2 is 2.03 bits per heavy atom. The number of likely N-dealkylation sites (N-methyl/N-ethyl adjacent to an activating group) is 1. The van der Waals surface area contributed by atoms with Crippen molar-refractivity contribution in [1.82, 2.24) is 9.21 Å². The molecule has 1 heterocycles. The normalized spacial score (nSPS) is 22.8. The lowest BCUT2D eigenvalue weighted by atomic mass is 10.0. The first-order valence-electron chi connectivity index (χ1n) is 12.1. The standard InChI is InChI=1S/C27H33FN2O4S/c1-19-15-30(20(2)18-31)35(32,33)27-12-11-22(10-9-21-7-8-21)14-25(27)34-26(19)17-29(3)16-23-5-4-6-24(28)13-23/h4-6,11-14,19-21,26,31H,7-8,15-18H2,1-3H3/t19-,20-,26-/m0/s1. The summed E-state index contributed by atoms with van der Waals surface area (Å²) in [7, 11) is -1.95. The molecule has 2 aromatic carbocycles. The first-order valence-corrected chi connectivity index (χ1v) is 13.5. The topological polar surface area (TPSA) is 70.1 Å². The molecule has 2 aromatic rings. The van der Waals surface area contributed by atoms with Crippen LogP contribution in [-0.4, -0.2) is 61.6 Å². The van der Waals surface area contributed by atoms with Crippen LogP contribution in [0.2, 0.25) is 0 Å². The molecule has 1 saturated carbocycles. The van der Waals surface area contributed by atoms with Crippen molar-refractivity contribution in [2.24, 2.45) is 11.8 Å². The van der Waals surface area contributed by atoms with Crippen LogP contribution in [0.5, 0.6) is 5.75 Å². The van der Waals surface area contributed by atoms with E-state index < -0.39 is 16.1 Å². The largest absolute Gasteiger partial charge is 0.487 e. The van der Waals surface area contributed by atoms with Gasteiger partial charge in [0.15, 0.2) is 0 Å². The van der Waals surface area contributed by atoms with Crippen LogP contribution in [0.3, 0.4) is 0 Å². The Hall–Kier alpha value is -2.44. The molecule has 0 aromatic heterocycles. The fourth-order valence-electron chi connectivity index (χ4n) is 4.25. The third-order valence-corrected chi connectivity index (χ3v) is 8.52. The molecule has 8 heteroatoms. The van der Waals surface area contributed by atoms with E-state index in [1.165, 1.54) is 16.4 Å². The van der Waals surface area contributed by atoms with E-state index in [1.807, 2.05) is 24.9 Å². The second kappa shape index (κ2) is 10.7.